The third-order valence-electron chi connectivity index (χ3n) is 5.81. The standard InChI is InChI=1S/C24H29F2N3O2/c1-3-28(4-2)16-17-6-5-7-20(14-17)27-23(30)18-10-12-29(13-11-18)24(31)21-9-8-19(25)15-22(21)26/h5-9,14-15,18H,3-4,10-13,16H2,1-2H3,(H,27,30). The minimum absolute atomic E-state index is 0.0694. The highest BCUT2D eigenvalue weighted by atomic mass is 19.1. The van der Waals surface area contributed by atoms with E-state index in [0.717, 1.165) is 43.0 Å². The summed E-state index contributed by atoms with van der Waals surface area (Å²) in [5.41, 5.74) is 1.76. The Morgan fingerprint density at radius 3 is 2.42 bits per heavy atom. The number of likely N-dealkylation sites (tertiary alicyclic amines) is 1. The Balaban J connectivity index is 1.55. The number of carbonyl (C=O) groups excluding carboxylic acids is 2. The molecule has 31 heavy (non-hydrogen) atoms. The summed E-state index contributed by atoms with van der Waals surface area (Å²) in [4.78, 5) is 29.1. The second kappa shape index (κ2) is 10.5. The number of hydrogen-bond acceptors (Lipinski definition) is 3. The van der Waals surface area contributed by atoms with E-state index in [9.17, 15) is 18.4 Å². The molecule has 1 N–H and O–H groups in total. The van der Waals surface area contributed by atoms with Crippen LogP contribution < -0.4 is 5.32 Å². The Bertz CT molecular complexity index is 923. The van der Waals surface area contributed by atoms with Crippen molar-refractivity contribution in [1.82, 2.24) is 9.80 Å². The number of anilines is 1. The average Bonchev–Trinajstić information content (AvgIpc) is 2.77. The van der Waals surface area contributed by atoms with Crippen LogP contribution in [0.4, 0.5) is 14.5 Å². The molecule has 2 aromatic carbocycles. The molecule has 2 aromatic rings. The lowest BCUT2D eigenvalue weighted by atomic mass is 9.95. The van der Waals surface area contributed by atoms with E-state index in [2.05, 4.69) is 24.1 Å². The van der Waals surface area contributed by atoms with E-state index in [1.54, 1.807) is 0 Å². The first-order valence-electron chi connectivity index (χ1n) is 10.8. The monoisotopic (exact) mass is 429 g/mol. The molecule has 1 heterocycles. The molecule has 2 amide bonds. The van der Waals surface area contributed by atoms with Gasteiger partial charge < -0.3 is 10.2 Å². The second-order valence-corrected chi connectivity index (χ2v) is 7.84. The number of nitrogens with zero attached hydrogens (tertiary/aromatic N) is 2. The molecule has 0 unspecified atom stereocenters. The fourth-order valence-corrected chi connectivity index (χ4v) is 3.88. The topological polar surface area (TPSA) is 52.7 Å². The number of hydrogen-bond donors (Lipinski definition) is 1. The SMILES string of the molecule is CCN(CC)Cc1cccc(NC(=O)C2CCN(C(=O)c3ccc(F)cc3F)CC2)c1. The van der Waals surface area contributed by atoms with Gasteiger partial charge in [0.25, 0.3) is 5.91 Å². The molecular weight excluding hydrogens is 400 g/mol. The van der Waals surface area contributed by atoms with Crippen molar-refractivity contribution in [3.8, 4) is 0 Å². The van der Waals surface area contributed by atoms with Crippen LogP contribution in [-0.4, -0.2) is 47.8 Å². The fraction of sp³-hybridized carbons (Fsp3) is 0.417. The molecule has 5 nitrogen and oxygen atoms in total. The van der Waals surface area contributed by atoms with Gasteiger partial charge in [0.05, 0.1) is 5.56 Å². The van der Waals surface area contributed by atoms with Crippen LogP contribution >= 0.6 is 0 Å². The van der Waals surface area contributed by atoms with Gasteiger partial charge in [0.1, 0.15) is 11.6 Å². The Morgan fingerprint density at radius 2 is 1.77 bits per heavy atom. The number of rotatable bonds is 7. The molecule has 0 bridgehead atoms. The van der Waals surface area contributed by atoms with Crippen molar-refractivity contribution in [2.45, 2.75) is 33.2 Å². The highest BCUT2D eigenvalue weighted by Crippen LogP contribution is 2.22. The summed E-state index contributed by atoms with van der Waals surface area (Å²) in [6.45, 7) is 7.72. The molecular formula is C24H29F2N3O2. The fourth-order valence-electron chi connectivity index (χ4n) is 3.88. The largest absolute Gasteiger partial charge is 0.339 e. The molecule has 1 aliphatic rings. The van der Waals surface area contributed by atoms with Crippen LogP contribution in [0.15, 0.2) is 42.5 Å². The zero-order chi connectivity index (χ0) is 22.4. The van der Waals surface area contributed by atoms with E-state index >= 15 is 0 Å². The average molecular weight is 430 g/mol. The van der Waals surface area contributed by atoms with Crippen molar-refractivity contribution in [3.05, 3.63) is 65.2 Å². The van der Waals surface area contributed by atoms with Crippen molar-refractivity contribution < 1.29 is 18.4 Å². The van der Waals surface area contributed by atoms with Gasteiger partial charge in [0.2, 0.25) is 5.91 Å². The molecule has 166 valence electrons. The van der Waals surface area contributed by atoms with E-state index in [1.807, 2.05) is 24.3 Å². The third kappa shape index (κ3) is 5.88. The normalized spacial score (nSPS) is 14.7. The number of piperidine rings is 1. The second-order valence-electron chi connectivity index (χ2n) is 7.84. The van der Waals surface area contributed by atoms with Gasteiger partial charge in [-0.25, -0.2) is 8.78 Å². The van der Waals surface area contributed by atoms with Gasteiger partial charge in [-0.2, -0.15) is 0 Å². The maximum absolute atomic E-state index is 13.9. The summed E-state index contributed by atoms with van der Waals surface area (Å²) < 4.78 is 27.0. The van der Waals surface area contributed by atoms with Gasteiger partial charge >= 0.3 is 0 Å². The maximum Gasteiger partial charge on any atom is 0.256 e. The summed E-state index contributed by atoms with van der Waals surface area (Å²) in [5.74, 6) is -2.34. The number of carbonyl (C=O) groups is 2. The number of amides is 2. The first kappa shape index (κ1) is 22.9. The summed E-state index contributed by atoms with van der Waals surface area (Å²) in [6, 6.07) is 10.8. The van der Waals surface area contributed by atoms with Crippen molar-refractivity contribution in [3.63, 3.8) is 0 Å². The van der Waals surface area contributed by atoms with Crippen molar-refractivity contribution in [2.75, 3.05) is 31.5 Å². The molecule has 7 heteroatoms. The predicted molar refractivity (Wildman–Crippen MR) is 117 cm³/mol. The summed E-state index contributed by atoms with van der Waals surface area (Å²) in [6.07, 6.45) is 0.999. The lowest BCUT2D eigenvalue weighted by Gasteiger charge is -2.31. The third-order valence-corrected chi connectivity index (χ3v) is 5.81. The number of halogens is 2. The van der Waals surface area contributed by atoms with Gasteiger partial charge in [-0.3, -0.25) is 14.5 Å². The van der Waals surface area contributed by atoms with Crippen LogP contribution in [0.1, 0.15) is 42.6 Å². The Morgan fingerprint density at radius 1 is 1.06 bits per heavy atom. The number of benzene rings is 2. The summed E-state index contributed by atoms with van der Waals surface area (Å²) in [7, 11) is 0. The molecule has 1 aliphatic heterocycles. The molecule has 1 saturated heterocycles. The molecule has 0 aliphatic carbocycles. The van der Waals surface area contributed by atoms with Gasteiger partial charge in [-0.05, 0) is 55.8 Å². The van der Waals surface area contributed by atoms with Crippen molar-refractivity contribution >= 4 is 17.5 Å². The highest BCUT2D eigenvalue weighted by molar-refractivity contribution is 5.95. The molecule has 0 saturated carbocycles. The minimum atomic E-state index is -0.866. The molecule has 0 spiro atoms. The zero-order valence-corrected chi connectivity index (χ0v) is 18.0. The molecule has 3 rings (SSSR count). The Hall–Kier alpha value is -2.80. The maximum atomic E-state index is 13.9. The van der Waals surface area contributed by atoms with Crippen molar-refractivity contribution in [2.24, 2.45) is 5.92 Å². The van der Waals surface area contributed by atoms with E-state index in [4.69, 9.17) is 0 Å². The molecule has 0 atom stereocenters. The van der Waals surface area contributed by atoms with E-state index < -0.39 is 17.5 Å². The van der Waals surface area contributed by atoms with Crippen molar-refractivity contribution in [1.29, 1.82) is 0 Å². The first-order valence-corrected chi connectivity index (χ1v) is 10.8. The molecule has 0 aromatic heterocycles. The smallest absolute Gasteiger partial charge is 0.256 e. The van der Waals surface area contributed by atoms with Crippen LogP contribution in [0.5, 0.6) is 0 Å². The quantitative estimate of drug-likeness (QED) is 0.714. The molecule has 0 radical (unpaired) electrons. The summed E-state index contributed by atoms with van der Waals surface area (Å²) >= 11 is 0. The number of nitrogens with one attached hydrogen (secondary N) is 1. The van der Waals surface area contributed by atoms with Gasteiger partial charge in [0, 0.05) is 37.3 Å². The van der Waals surface area contributed by atoms with Crippen LogP contribution in [0, 0.1) is 17.6 Å². The van der Waals surface area contributed by atoms with Gasteiger partial charge in [-0.15, -0.1) is 0 Å². The van der Waals surface area contributed by atoms with E-state index in [1.165, 1.54) is 4.90 Å². The minimum Gasteiger partial charge on any atom is -0.339 e. The highest BCUT2D eigenvalue weighted by Gasteiger charge is 2.29. The molecule has 1 fully saturated rings. The summed E-state index contributed by atoms with van der Waals surface area (Å²) in [5, 5.41) is 2.99. The Labute approximate surface area is 182 Å². The lowest BCUT2D eigenvalue weighted by Crippen LogP contribution is -2.41. The Kier molecular flexibility index (Phi) is 7.74. The van der Waals surface area contributed by atoms with Crippen LogP contribution in [0.2, 0.25) is 0 Å². The van der Waals surface area contributed by atoms with Crippen LogP contribution in [0.3, 0.4) is 0 Å². The van der Waals surface area contributed by atoms with E-state index in [0.29, 0.717) is 32.0 Å². The van der Waals surface area contributed by atoms with Crippen LogP contribution in [0.25, 0.3) is 0 Å². The first-order chi connectivity index (χ1) is 14.9. The van der Waals surface area contributed by atoms with E-state index in [-0.39, 0.29) is 17.4 Å². The van der Waals surface area contributed by atoms with Gasteiger partial charge in [-0.1, -0.05) is 26.0 Å². The zero-order valence-electron chi connectivity index (χ0n) is 18.0. The van der Waals surface area contributed by atoms with Gasteiger partial charge in [0.15, 0.2) is 0 Å². The predicted octanol–water partition coefficient (Wildman–Crippen LogP) is 4.30. The lowest BCUT2D eigenvalue weighted by molar-refractivity contribution is -0.121. The van der Waals surface area contributed by atoms with Crippen LogP contribution in [-0.2, 0) is 11.3 Å².